The lowest BCUT2D eigenvalue weighted by Crippen LogP contribution is -2.42. The Kier molecular flexibility index (Phi) is 5.05. The minimum Gasteiger partial charge on any atom is -0.393 e. The molecule has 2 N–H and O–H groups in total. The second-order valence-electron chi connectivity index (χ2n) is 7.57. The predicted octanol–water partition coefficient (Wildman–Crippen LogP) is 3.02. The number of aliphatic hydroxyl groups excluding tert-OH is 1. The van der Waals surface area contributed by atoms with Gasteiger partial charge in [0.25, 0.3) is 0 Å². The van der Waals surface area contributed by atoms with Gasteiger partial charge in [-0.15, -0.1) is 0 Å². The molecule has 0 unspecified atom stereocenters. The van der Waals surface area contributed by atoms with Gasteiger partial charge in [0.2, 0.25) is 5.91 Å². The summed E-state index contributed by atoms with van der Waals surface area (Å²) in [5.74, 6) is 0.420. The van der Waals surface area contributed by atoms with Crippen LogP contribution >= 0.6 is 0 Å². The molecule has 0 aromatic heterocycles. The quantitative estimate of drug-likeness (QED) is 0.842. The van der Waals surface area contributed by atoms with Gasteiger partial charge < -0.3 is 10.4 Å². The summed E-state index contributed by atoms with van der Waals surface area (Å²) in [7, 11) is 0. The van der Waals surface area contributed by atoms with Gasteiger partial charge in [-0.25, -0.2) is 0 Å². The standard InChI is InChI=1S/C22H26N2O2/c25-20-12-19(13-20)22(16-6-2-1-3-7-16)23-21(26)10-11-24-14-17-8-4-5-9-18(17)15-24/h1-9,19-20,22,25H,10-15H2,(H,23,26)/t19?,20?,22-/m1/s1. The zero-order valence-electron chi connectivity index (χ0n) is 15.0. The van der Waals surface area contributed by atoms with Crippen molar-refractivity contribution in [2.24, 2.45) is 5.92 Å². The minimum atomic E-state index is -0.216. The summed E-state index contributed by atoms with van der Waals surface area (Å²) < 4.78 is 0. The molecule has 4 nitrogen and oxygen atoms in total. The number of aliphatic hydroxyl groups is 1. The molecule has 0 bridgehead atoms. The van der Waals surface area contributed by atoms with Crippen LogP contribution in [0, 0.1) is 5.92 Å². The SMILES string of the molecule is O=C(CCN1Cc2ccccc2C1)N[C@H](c1ccccc1)C1CC(O)C1. The molecule has 2 aromatic carbocycles. The third-order valence-electron chi connectivity index (χ3n) is 5.66. The van der Waals surface area contributed by atoms with E-state index in [1.54, 1.807) is 0 Å². The first-order valence-electron chi connectivity index (χ1n) is 9.50. The zero-order valence-corrected chi connectivity index (χ0v) is 15.0. The highest BCUT2D eigenvalue weighted by atomic mass is 16.3. The number of nitrogens with one attached hydrogen (secondary N) is 1. The van der Waals surface area contributed by atoms with Gasteiger partial charge >= 0.3 is 0 Å². The van der Waals surface area contributed by atoms with Crippen LogP contribution in [0.25, 0.3) is 0 Å². The highest BCUT2D eigenvalue weighted by Crippen LogP contribution is 2.38. The van der Waals surface area contributed by atoms with Crippen molar-refractivity contribution in [1.82, 2.24) is 10.2 Å². The predicted molar refractivity (Wildman–Crippen MR) is 101 cm³/mol. The molecule has 1 heterocycles. The van der Waals surface area contributed by atoms with E-state index < -0.39 is 0 Å². The molecule has 2 aromatic rings. The number of benzene rings is 2. The summed E-state index contributed by atoms with van der Waals surface area (Å²) in [5, 5.41) is 12.9. The van der Waals surface area contributed by atoms with Crippen molar-refractivity contribution in [1.29, 1.82) is 0 Å². The highest BCUT2D eigenvalue weighted by Gasteiger charge is 2.35. The largest absolute Gasteiger partial charge is 0.393 e. The molecule has 1 amide bonds. The van der Waals surface area contributed by atoms with Crippen molar-refractivity contribution in [2.75, 3.05) is 6.54 Å². The molecule has 0 saturated heterocycles. The summed E-state index contributed by atoms with van der Waals surface area (Å²) in [5.41, 5.74) is 3.88. The fourth-order valence-corrected chi connectivity index (χ4v) is 4.10. The molecule has 2 aliphatic rings. The van der Waals surface area contributed by atoms with Crippen LogP contribution in [0.3, 0.4) is 0 Å². The molecule has 136 valence electrons. The Bertz CT molecular complexity index is 731. The van der Waals surface area contributed by atoms with Crippen molar-refractivity contribution in [3.8, 4) is 0 Å². The van der Waals surface area contributed by atoms with Gasteiger partial charge in [0, 0.05) is 26.1 Å². The molecular weight excluding hydrogens is 324 g/mol. The molecule has 4 heteroatoms. The van der Waals surface area contributed by atoms with Gasteiger partial charge in [-0.1, -0.05) is 54.6 Å². The number of carbonyl (C=O) groups is 1. The molecule has 1 aliphatic heterocycles. The maximum atomic E-state index is 12.6. The Morgan fingerprint density at radius 2 is 1.65 bits per heavy atom. The lowest BCUT2D eigenvalue weighted by atomic mass is 9.75. The lowest BCUT2D eigenvalue weighted by Gasteiger charge is -2.38. The number of fused-ring (bicyclic) bond motifs is 1. The van der Waals surface area contributed by atoms with Gasteiger partial charge in [0.15, 0.2) is 0 Å². The van der Waals surface area contributed by atoms with Gasteiger partial charge in [-0.05, 0) is 35.4 Å². The number of carbonyl (C=O) groups excluding carboxylic acids is 1. The first-order chi connectivity index (χ1) is 12.7. The molecule has 0 radical (unpaired) electrons. The first kappa shape index (κ1) is 17.3. The van der Waals surface area contributed by atoms with E-state index in [2.05, 4.69) is 46.6 Å². The monoisotopic (exact) mass is 350 g/mol. The van der Waals surface area contributed by atoms with E-state index in [1.807, 2.05) is 18.2 Å². The molecule has 0 spiro atoms. The van der Waals surface area contributed by atoms with E-state index in [1.165, 1.54) is 11.1 Å². The van der Waals surface area contributed by atoms with Crippen molar-refractivity contribution in [2.45, 2.75) is 44.5 Å². The maximum absolute atomic E-state index is 12.6. The molecule has 1 saturated carbocycles. The number of amides is 1. The fraction of sp³-hybridized carbons (Fsp3) is 0.409. The second kappa shape index (κ2) is 7.60. The van der Waals surface area contributed by atoms with Crippen LogP contribution in [0.15, 0.2) is 54.6 Å². The molecule has 1 aliphatic carbocycles. The molecule has 26 heavy (non-hydrogen) atoms. The Balaban J connectivity index is 1.32. The number of nitrogens with zero attached hydrogens (tertiary/aromatic N) is 1. The number of rotatable bonds is 6. The topological polar surface area (TPSA) is 52.6 Å². The summed E-state index contributed by atoms with van der Waals surface area (Å²) in [6, 6.07) is 18.6. The molecule has 4 rings (SSSR count). The Morgan fingerprint density at radius 3 is 2.27 bits per heavy atom. The molecular formula is C22H26N2O2. The Labute approximate surface area is 154 Å². The summed E-state index contributed by atoms with van der Waals surface area (Å²) in [6.45, 7) is 2.64. The van der Waals surface area contributed by atoms with Gasteiger partial charge in [-0.2, -0.15) is 0 Å². The first-order valence-corrected chi connectivity index (χ1v) is 9.50. The van der Waals surface area contributed by atoms with Crippen LogP contribution in [0.1, 0.15) is 42.0 Å². The third kappa shape index (κ3) is 3.81. The maximum Gasteiger partial charge on any atom is 0.221 e. The van der Waals surface area contributed by atoms with Crippen LogP contribution < -0.4 is 5.32 Å². The van der Waals surface area contributed by atoms with Crippen LogP contribution in [0.2, 0.25) is 0 Å². The van der Waals surface area contributed by atoms with Crippen molar-refractivity contribution in [3.05, 3.63) is 71.3 Å². The number of hydrogen-bond donors (Lipinski definition) is 2. The van der Waals surface area contributed by atoms with Crippen molar-refractivity contribution >= 4 is 5.91 Å². The van der Waals surface area contributed by atoms with Crippen LogP contribution in [0.4, 0.5) is 0 Å². The van der Waals surface area contributed by atoms with Gasteiger partial charge in [0.1, 0.15) is 0 Å². The lowest BCUT2D eigenvalue weighted by molar-refractivity contribution is -0.123. The van der Waals surface area contributed by atoms with Crippen LogP contribution in [-0.2, 0) is 17.9 Å². The fourth-order valence-electron chi connectivity index (χ4n) is 4.10. The zero-order chi connectivity index (χ0) is 17.9. The van der Waals surface area contributed by atoms with E-state index in [9.17, 15) is 9.90 Å². The van der Waals surface area contributed by atoms with Crippen molar-refractivity contribution < 1.29 is 9.90 Å². The minimum absolute atomic E-state index is 0.00266. The normalized spacial score (nSPS) is 23.1. The van der Waals surface area contributed by atoms with Crippen LogP contribution in [0.5, 0.6) is 0 Å². The van der Waals surface area contributed by atoms with E-state index in [4.69, 9.17) is 0 Å². The van der Waals surface area contributed by atoms with E-state index in [-0.39, 0.29) is 18.1 Å². The number of hydrogen-bond acceptors (Lipinski definition) is 3. The molecule has 1 atom stereocenters. The third-order valence-corrected chi connectivity index (χ3v) is 5.66. The summed E-state index contributed by atoms with van der Waals surface area (Å²) in [6.07, 6.45) is 1.82. The Morgan fingerprint density at radius 1 is 1.04 bits per heavy atom. The average molecular weight is 350 g/mol. The van der Waals surface area contributed by atoms with Crippen molar-refractivity contribution in [3.63, 3.8) is 0 Å². The van der Waals surface area contributed by atoms with E-state index in [0.29, 0.717) is 12.3 Å². The van der Waals surface area contributed by atoms with E-state index in [0.717, 1.165) is 38.0 Å². The molecule has 1 fully saturated rings. The van der Waals surface area contributed by atoms with Crippen LogP contribution in [-0.4, -0.2) is 28.6 Å². The van der Waals surface area contributed by atoms with Gasteiger partial charge in [-0.3, -0.25) is 9.69 Å². The van der Waals surface area contributed by atoms with Gasteiger partial charge in [0.05, 0.1) is 12.1 Å². The average Bonchev–Trinajstić information content (AvgIpc) is 3.06. The smallest absolute Gasteiger partial charge is 0.221 e. The summed E-state index contributed by atoms with van der Waals surface area (Å²) >= 11 is 0. The second-order valence-corrected chi connectivity index (χ2v) is 7.57. The van der Waals surface area contributed by atoms with E-state index >= 15 is 0 Å². The Hall–Kier alpha value is -2.17. The highest BCUT2D eigenvalue weighted by molar-refractivity contribution is 5.76. The summed E-state index contributed by atoms with van der Waals surface area (Å²) in [4.78, 5) is 14.9.